The molecule has 1 aromatic rings. The monoisotopic (exact) mass is 457 g/mol. The molecule has 0 aliphatic carbocycles. The van der Waals surface area contributed by atoms with Crippen molar-refractivity contribution in [2.45, 2.75) is 52.3 Å². The van der Waals surface area contributed by atoms with E-state index in [0.717, 1.165) is 30.0 Å². The molecule has 30 heavy (non-hydrogen) atoms. The summed E-state index contributed by atoms with van der Waals surface area (Å²) >= 11 is 11.8. The lowest BCUT2D eigenvalue weighted by molar-refractivity contribution is -0.155. The van der Waals surface area contributed by atoms with E-state index in [9.17, 15) is 9.59 Å². The van der Waals surface area contributed by atoms with Crippen LogP contribution in [-0.2, 0) is 20.9 Å². The molecule has 0 spiro atoms. The van der Waals surface area contributed by atoms with Gasteiger partial charge in [0, 0.05) is 37.4 Å². The van der Waals surface area contributed by atoms with Gasteiger partial charge in [-0.15, -0.1) is 23.2 Å². The molecule has 0 amide bonds. The first-order chi connectivity index (χ1) is 14.2. The number of carbonyl (C=O) groups is 2. The number of nitrogens with one attached hydrogen (secondary N) is 1. The standard InChI is InChI=1S/C21H32BCl2N2O4/c1-16-5-6-17(13-26(9-7-23)10-8-24)11-19(16)29-14-18(25-22-15-27)12-20(28)30-21(2,3)4/h5-6,11,15,18,25H,7-10,12-14H2,1-4H3/t18-/m1/s1. The molecule has 0 aliphatic heterocycles. The van der Waals surface area contributed by atoms with Crippen molar-refractivity contribution in [3.05, 3.63) is 29.3 Å². The van der Waals surface area contributed by atoms with E-state index in [1.807, 2.05) is 45.9 Å². The van der Waals surface area contributed by atoms with Crippen LogP contribution in [0.1, 0.15) is 38.3 Å². The number of nitrogens with zero attached hydrogens (tertiary/aromatic N) is 1. The van der Waals surface area contributed by atoms with Crippen LogP contribution >= 0.6 is 23.2 Å². The third-order valence-corrected chi connectivity index (χ3v) is 4.47. The number of esters is 1. The van der Waals surface area contributed by atoms with Crippen LogP contribution in [0.15, 0.2) is 18.2 Å². The van der Waals surface area contributed by atoms with E-state index in [1.165, 1.54) is 7.41 Å². The fourth-order valence-corrected chi connectivity index (χ4v) is 3.26. The molecule has 1 atom stereocenters. The Balaban J connectivity index is 2.79. The van der Waals surface area contributed by atoms with Crippen molar-refractivity contribution in [1.29, 1.82) is 0 Å². The molecule has 0 saturated carbocycles. The topological polar surface area (TPSA) is 67.9 Å². The van der Waals surface area contributed by atoms with E-state index in [-0.39, 0.29) is 19.0 Å². The molecule has 6 nitrogen and oxygen atoms in total. The van der Waals surface area contributed by atoms with Crippen LogP contribution in [0.3, 0.4) is 0 Å². The molecule has 0 saturated heterocycles. The molecule has 0 fully saturated rings. The van der Waals surface area contributed by atoms with Crippen molar-refractivity contribution < 1.29 is 19.1 Å². The summed E-state index contributed by atoms with van der Waals surface area (Å²) in [7, 11) is 1.26. The molecule has 9 heteroatoms. The molecule has 1 N–H and O–H groups in total. The summed E-state index contributed by atoms with van der Waals surface area (Å²) in [5.74, 6) is 1.45. The van der Waals surface area contributed by atoms with E-state index >= 15 is 0 Å². The van der Waals surface area contributed by atoms with Crippen LogP contribution < -0.4 is 9.96 Å². The van der Waals surface area contributed by atoms with Gasteiger partial charge in [-0.05, 0) is 44.9 Å². The Kier molecular flexibility index (Phi) is 12.4. The van der Waals surface area contributed by atoms with Gasteiger partial charge in [0.1, 0.15) is 18.0 Å². The summed E-state index contributed by atoms with van der Waals surface area (Å²) < 4.78 is 11.4. The second-order valence-electron chi connectivity index (χ2n) is 8.02. The van der Waals surface area contributed by atoms with Gasteiger partial charge >= 0.3 is 5.97 Å². The number of hydrogen-bond acceptors (Lipinski definition) is 6. The van der Waals surface area contributed by atoms with Crippen LogP contribution in [0.4, 0.5) is 0 Å². The van der Waals surface area contributed by atoms with E-state index in [2.05, 4.69) is 10.1 Å². The molecular weight excluding hydrogens is 426 g/mol. The quantitative estimate of drug-likeness (QED) is 0.200. The van der Waals surface area contributed by atoms with Crippen LogP contribution in [0.25, 0.3) is 0 Å². The molecule has 0 unspecified atom stereocenters. The molecule has 0 heterocycles. The van der Waals surface area contributed by atoms with Gasteiger partial charge in [0.05, 0.1) is 12.6 Å². The van der Waals surface area contributed by atoms with Crippen LogP contribution in [0, 0.1) is 6.92 Å². The van der Waals surface area contributed by atoms with Gasteiger partial charge in [-0.2, -0.15) is 0 Å². The first-order valence-corrected chi connectivity index (χ1v) is 11.1. The summed E-state index contributed by atoms with van der Waals surface area (Å²) in [6, 6.07) is 5.64. The van der Waals surface area contributed by atoms with Gasteiger partial charge in [0.25, 0.3) is 7.41 Å². The summed E-state index contributed by atoms with van der Waals surface area (Å²) in [6.07, 6.45) is 0.718. The van der Waals surface area contributed by atoms with Crippen LogP contribution in [-0.4, -0.2) is 67.6 Å². The predicted octanol–water partition coefficient (Wildman–Crippen LogP) is 3.15. The van der Waals surface area contributed by atoms with Gasteiger partial charge in [-0.3, -0.25) is 9.69 Å². The van der Waals surface area contributed by atoms with E-state index in [1.54, 1.807) is 0 Å². The fraction of sp³-hybridized carbons (Fsp3) is 0.619. The van der Waals surface area contributed by atoms with Crippen molar-refractivity contribution in [3.8, 4) is 5.75 Å². The third kappa shape index (κ3) is 11.2. The Hall–Kier alpha value is -1.28. The lowest BCUT2D eigenvalue weighted by Gasteiger charge is -2.23. The highest BCUT2D eigenvalue weighted by Gasteiger charge is 2.21. The van der Waals surface area contributed by atoms with Crippen molar-refractivity contribution in [2.24, 2.45) is 0 Å². The number of hydrogen-bond donors (Lipinski definition) is 1. The predicted molar refractivity (Wildman–Crippen MR) is 123 cm³/mol. The van der Waals surface area contributed by atoms with Gasteiger partial charge < -0.3 is 19.5 Å². The van der Waals surface area contributed by atoms with Gasteiger partial charge in [0.15, 0.2) is 0 Å². The number of carbonyl (C=O) groups excluding carboxylic acids is 2. The van der Waals surface area contributed by atoms with Crippen molar-refractivity contribution in [3.63, 3.8) is 0 Å². The maximum absolute atomic E-state index is 12.2. The molecule has 0 aliphatic rings. The Morgan fingerprint density at radius 3 is 2.50 bits per heavy atom. The molecule has 1 aromatic carbocycles. The smallest absolute Gasteiger partial charge is 0.307 e. The highest BCUT2D eigenvalue weighted by molar-refractivity contribution is 6.64. The van der Waals surface area contributed by atoms with Crippen LogP contribution in [0.2, 0.25) is 0 Å². The van der Waals surface area contributed by atoms with Crippen LogP contribution in [0.5, 0.6) is 5.75 Å². The third-order valence-electron chi connectivity index (χ3n) is 4.13. The molecule has 0 bridgehead atoms. The zero-order valence-corrected chi connectivity index (χ0v) is 19.8. The number of aryl methyl sites for hydroxylation is 1. The summed E-state index contributed by atoms with van der Waals surface area (Å²) in [5, 5.41) is 2.90. The highest BCUT2D eigenvalue weighted by atomic mass is 35.5. The maximum Gasteiger partial charge on any atom is 0.307 e. The summed E-state index contributed by atoms with van der Waals surface area (Å²) in [4.78, 5) is 25.1. The minimum Gasteiger partial charge on any atom is -0.492 e. The number of rotatable bonds is 14. The van der Waals surface area contributed by atoms with Crippen molar-refractivity contribution >= 4 is 42.8 Å². The normalized spacial score (nSPS) is 12.5. The highest BCUT2D eigenvalue weighted by Crippen LogP contribution is 2.21. The second kappa shape index (κ2) is 13.9. The first kappa shape index (κ1) is 26.8. The number of alkyl halides is 2. The first-order valence-electron chi connectivity index (χ1n) is 10.00. The summed E-state index contributed by atoms with van der Waals surface area (Å²) in [6.45, 7) is 9.83. The minimum absolute atomic E-state index is 0.0829. The largest absolute Gasteiger partial charge is 0.492 e. The minimum atomic E-state index is -0.570. The molecule has 1 radical (unpaired) electrons. The maximum atomic E-state index is 12.2. The molecule has 0 aromatic heterocycles. The van der Waals surface area contributed by atoms with Crippen molar-refractivity contribution in [2.75, 3.05) is 31.5 Å². The fourth-order valence-electron chi connectivity index (χ4n) is 2.78. The lowest BCUT2D eigenvalue weighted by Crippen LogP contribution is -2.41. The Morgan fingerprint density at radius 2 is 1.93 bits per heavy atom. The van der Waals surface area contributed by atoms with Gasteiger partial charge in [-0.25, -0.2) is 0 Å². The Morgan fingerprint density at radius 1 is 1.27 bits per heavy atom. The Labute approximate surface area is 190 Å². The van der Waals surface area contributed by atoms with Gasteiger partial charge in [-0.1, -0.05) is 12.1 Å². The average Bonchev–Trinajstić information content (AvgIpc) is 2.65. The SMILES string of the molecule is Cc1ccc(CN(CCCl)CCCl)cc1OC[C@@H](CC(=O)OC(C)(C)C)N[B]C=O. The van der Waals surface area contributed by atoms with E-state index < -0.39 is 11.6 Å². The molecular formula is C21H32BCl2N2O4. The zero-order chi connectivity index (χ0) is 22.6. The zero-order valence-electron chi connectivity index (χ0n) is 18.2. The number of halogens is 2. The average molecular weight is 458 g/mol. The summed E-state index contributed by atoms with van der Waals surface area (Å²) in [5.41, 5.74) is 1.50. The Bertz CT molecular complexity index is 665. The lowest BCUT2D eigenvalue weighted by atomic mass is 9.96. The number of benzene rings is 1. The van der Waals surface area contributed by atoms with Gasteiger partial charge in [0.2, 0.25) is 0 Å². The van der Waals surface area contributed by atoms with Crippen molar-refractivity contribution in [1.82, 2.24) is 10.1 Å². The number of ether oxygens (including phenoxy) is 2. The van der Waals surface area contributed by atoms with E-state index in [0.29, 0.717) is 24.5 Å². The van der Waals surface area contributed by atoms with E-state index in [4.69, 9.17) is 32.7 Å². The molecule has 1 rings (SSSR count). The second-order valence-corrected chi connectivity index (χ2v) is 8.78. The molecule has 167 valence electrons.